The van der Waals surface area contributed by atoms with E-state index in [0.29, 0.717) is 29.8 Å². The number of hydrogen-bond donors (Lipinski definition) is 3. The van der Waals surface area contributed by atoms with Crippen LogP contribution in [0.4, 0.5) is 14.9 Å². The maximum Gasteiger partial charge on any atom is 0.319 e. The van der Waals surface area contributed by atoms with E-state index in [0.717, 1.165) is 5.69 Å². The highest BCUT2D eigenvalue weighted by Gasteiger charge is 2.05. The van der Waals surface area contributed by atoms with E-state index in [1.165, 1.54) is 12.1 Å². The minimum Gasteiger partial charge on any atom is -0.342 e. The lowest BCUT2D eigenvalue weighted by atomic mass is 10.3. The van der Waals surface area contributed by atoms with Crippen LogP contribution >= 0.6 is 0 Å². The number of imidazole rings is 1. The van der Waals surface area contributed by atoms with Gasteiger partial charge in [0.05, 0.1) is 11.0 Å². The lowest BCUT2D eigenvalue weighted by Gasteiger charge is -2.06. The summed E-state index contributed by atoms with van der Waals surface area (Å²) in [5.74, 6) is 0.406. The van der Waals surface area contributed by atoms with E-state index in [9.17, 15) is 9.18 Å². The number of fused-ring (bicyclic) bond motifs is 1. The number of H-pyrrole nitrogens is 1. The van der Waals surface area contributed by atoms with Crippen molar-refractivity contribution < 1.29 is 9.18 Å². The molecule has 0 spiro atoms. The van der Waals surface area contributed by atoms with E-state index in [2.05, 4.69) is 20.6 Å². The van der Waals surface area contributed by atoms with Gasteiger partial charge in [0.25, 0.3) is 0 Å². The average Bonchev–Trinajstić information content (AvgIpc) is 2.90. The highest BCUT2D eigenvalue weighted by molar-refractivity contribution is 5.89. The number of hydrogen-bond acceptors (Lipinski definition) is 2. The van der Waals surface area contributed by atoms with Crippen LogP contribution in [0.5, 0.6) is 0 Å². The minimum absolute atomic E-state index is 0.270. The van der Waals surface area contributed by atoms with E-state index in [-0.39, 0.29) is 11.8 Å². The molecule has 0 atom stereocenters. The Kier molecular flexibility index (Phi) is 4.00. The second-order valence-corrected chi connectivity index (χ2v) is 4.84. The van der Waals surface area contributed by atoms with Crippen molar-refractivity contribution in [1.82, 2.24) is 15.3 Å². The van der Waals surface area contributed by atoms with Crippen molar-refractivity contribution in [2.45, 2.75) is 6.42 Å². The number of rotatable bonds is 4. The zero-order valence-electron chi connectivity index (χ0n) is 11.8. The second kappa shape index (κ2) is 6.26. The van der Waals surface area contributed by atoms with Crippen LogP contribution in [-0.2, 0) is 6.42 Å². The van der Waals surface area contributed by atoms with E-state index >= 15 is 0 Å². The molecule has 0 fully saturated rings. The molecule has 0 aliphatic carbocycles. The van der Waals surface area contributed by atoms with Gasteiger partial charge < -0.3 is 15.6 Å². The van der Waals surface area contributed by atoms with Crippen LogP contribution in [0.2, 0.25) is 0 Å². The van der Waals surface area contributed by atoms with E-state index < -0.39 is 0 Å². The fraction of sp³-hybridized carbons (Fsp3) is 0.125. The summed E-state index contributed by atoms with van der Waals surface area (Å²) in [5.41, 5.74) is 2.10. The van der Waals surface area contributed by atoms with Crippen molar-refractivity contribution >= 4 is 22.8 Å². The first-order chi connectivity index (χ1) is 10.7. The van der Waals surface area contributed by atoms with Gasteiger partial charge in [0.15, 0.2) is 0 Å². The van der Waals surface area contributed by atoms with Gasteiger partial charge in [-0.05, 0) is 30.3 Å². The molecule has 0 saturated heterocycles. The number of amides is 2. The zero-order chi connectivity index (χ0) is 15.4. The number of urea groups is 1. The Bertz CT molecular complexity index is 785. The van der Waals surface area contributed by atoms with E-state index in [1.807, 2.05) is 30.3 Å². The number of carbonyl (C=O) groups excluding carboxylic acids is 1. The minimum atomic E-state index is -0.303. The maximum absolute atomic E-state index is 13.1. The normalized spacial score (nSPS) is 10.6. The predicted molar refractivity (Wildman–Crippen MR) is 83.2 cm³/mol. The number of aromatic amines is 1. The number of carbonyl (C=O) groups is 1. The summed E-state index contributed by atoms with van der Waals surface area (Å²) < 4.78 is 13.1. The number of anilines is 1. The van der Waals surface area contributed by atoms with Crippen molar-refractivity contribution in [2.24, 2.45) is 0 Å². The van der Waals surface area contributed by atoms with Crippen LogP contribution in [0.1, 0.15) is 5.82 Å². The number of halogens is 1. The molecule has 0 aliphatic rings. The van der Waals surface area contributed by atoms with Crippen LogP contribution in [0.25, 0.3) is 11.0 Å². The summed E-state index contributed by atoms with van der Waals surface area (Å²) in [4.78, 5) is 19.1. The maximum atomic E-state index is 13.1. The van der Waals surface area contributed by atoms with Gasteiger partial charge in [-0.2, -0.15) is 0 Å². The van der Waals surface area contributed by atoms with E-state index in [1.54, 1.807) is 6.07 Å². The third-order valence-corrected chi connectivity index (χ3v) is 3.17. The topological polar surface area (TPSA) is 69.8 Å². The smallest absolute Gasteiger partial charge is 0.319 e. The molecule has 0 aliphatic heterocycles. The first-order valence-electron chi connectivity index (χ1n) is 6.95. The largest absolute Gasteiger partial charge is 0.342 e. The Hall–Kier alpha value is -2.89. The van der Waals surface area contributed by atoms with Crippen LogP contribution in [0, 0.1) is 5.82 Å². The van der Waals surface area contributed by atoms with Crippen molar-refractivity contribution in [3.05, 3.63) is 60.2 Å². The lowest BCUT2D eigenvalue weighted by Crippen LogP contribution is -2.30. The summed E-state index contributed by atoms with van der Waals surface area (Å²) in [7, 11) is 0. The van der Waals surface area contributed by atoms with Gasteiger partial charge in [0.2, 0.25) is 0 Å². The van der Waals surface area contributed by atoms with Crippen molar-refractivity contribution in [2.75, 3.05) is 11.9 Å². The molecule has 0 bridgehead atoms. The van der Waals surface area contributed by atoms with Gasteiger partial charge in [-0.1, -0.05) is 18.2 Å². The summed E-state index contributed by atoms with van der Waals surface area (Å²) in [6.07, 6.45) is 0.540. The van der Waals surface area contributed by atoms with Crippen LogP contribution in [-0.4, -0.2) is 22.5 Å². The first kappa shape index (κ1) is 14.1. The van der Waals surface area contributed by atoms with E-state index in [4.69, 9.17) is 0 Å². The van der Waals surface area contributed by atoms with Gasteiger partial charge in [0, 0.05) is 18.7 Å². The monoisotopic (exact) mass is 298 g/mol. The highest BCUT2D eigenvalue weighted by atomic mass is 19.1. The molecule has 0 saturated carbocycles. The molecule has 3 aromatic rings. The molecule has 5 nitrogen and oxygen atoms in total. The van der Waals surface area contributed by atoms with Crippen LogP contribution in [0.15, 0.2) is 48.5 Å². The summed E-state index contributed by atoms with van der Waals surface area (Å²) in [5, 5.41) is 5.48. The molecule has 2 aromatic carbocycles. The summed E-state index contributed by atoms with van der Waals surface area (Å²) in [6, 6.07) is 13.3. The molecule has 3 N–H and O–H groups in total. The number of para-hydroxylation sites is 1. The Morgan fingerprint density at radius 3 is 2.82 bits per heavy atom. The predicted octanol–water partition coefficient (Wildman–Crippen LogP) is 3.07. The van der Waals surface area contributed by atoms with Gasteiger partial charge in [-0.15, -0.1) is 0 Å². The van der Waals surface area contributed by atoms with Crippen molar-refractivity contribution in [1.29, 1.82) is 0 Å². The number of benzene rings is 2. The lowest BCUT2D eigenvalue weighted by molar-refractivity contribution is 0.252. The standard InChI is InChI=1S/C16H15FN4O/c17-11-6-7-13-14(10-11)21-15(20-13)8-9-18-16(22)19-12-4-2-1-3-5-12/h1-7,10H,8-9H2,(H,20,21)(H2,18,19,22). The number of nitrogens with zero attached hydrogens (tertiary/aromatic N) is 1. The molecule has 2 amide bonds. The third kappa shape index (κ3) is 3.41. The first-order valence-corrected chi connectivity index (χ1v) is 6.95. The Balaban J connectivity index is 1.52. The average molecular weight is 298 g/mol. The summed E-state index contributed by atoms with van der Waals surface area (Å²) >= 11 is 0. The Morgan fingerprint density at radius 2 is 2.00 bits per heavy atom. The van der Waals surface area contributed by atoms with Gasteiger partial charge in [0.1, 0.15) is 11.6 Å². The highest BCUT2D eigenvalue weighted by Crippen LogP contribution is 2.13. The van der Waals surface area contributed by atoms with Gasteiger partial charge in [-0.3, -0.25) is 0 Å². The second-order valence-electron chi connectivity index (χ2n) is 4.84. The SMILES string of the molecule is O=C(NCCc1nc2ccc(F)cc2[nH]1)Nc1ccccc1. The number of nitrogens with one attached hydrogen (secondary N) is 3. The molecule has 0 radical (unpaired) electrons. The molecule has 0 unspecified atom stereocenters. The van der Waals surface area contributed by atoms with Gasteiger partial charge in [-0.25, -0.2) is 14.2 Å². The fourth-order valence-electron chi connectivity index (χ4n) is 2.14. The summed E-state index contributed by atoms with van der Waals surface area (Å²) in [6.45, 7) is 0.432. The molecule has 1 heterocycles. The molecule has 112 valence electrons. The molecule has 6 heteroatoms. The fourth-order valence-corrected chi connectivity index (χ4v) is 2.14. The van der Waals surface area contributed by atoms with Gasteiger partial charge >= 0.3 is 6.03 Å². The van der Waals surface area contributed by atoms with Crippen molar-refractivity contribution in [3.63, 3.8) is 0 Å². The molecule has 22 heavy (non-hydrogen) atoms. The van der Waals surface area contributed by atoms with Crippen LogP contribution < -0.4 is 10.6 Å². The Morgan fingerprint density at radius 1 is 1.18 bits per heavy atom. The quantitative estimate of drug-likeness (QED) is 0.693. The molecule has 1 aromatic heterocycles. The number of aromatic nitrogens is 2. The molecular weight excluding hydrogens is 283 g/mol. The Labute approximate surface area is 126 Å². The van der Waals surface area contributed by atoms with Crippen LogP contribution in [0.3, 0.4) is 0 Å². The zero-order valence-corrected chi connectivity index (χ0v) is 11.8. The third-order valence-electron chi connectivity index (χ3n) is 3.17. The molecule has 3 rings (SSSR count). The van der Waals surface area contributed by atoms with Crippen molar-refractivity contribution in [3.8, 4) is 0 Å². The molecular formula is C16H15FN4O.